The molecule has 0 unspecified atom stereocenters. The van der Waals surface area contributed by atoms with Crippen LogP contribution in [0.15, 0.2) is 30.3 Å². The third-order valence-corrected chi connectivity index (χ3v) is 4.92. The second kappa shape index (κ2) is 5.07. The lowest BCUT2D eigenvalue weighted by molar-refractivity contribution is 0.184. The molecule has 0 saturated carbocycles. The SMILES string of the molecule is Clc1ccccc1C1=CCC2(CCNCC2)CC1. The quantitative estimate of drug-likeness (QED) is 0.796. The van der Waals surface area contributed by atoms with Crippen molar-refractivity contribution in [3.63, 3.8) is 0 Å². The summed E-state index contributed by atoms with van der Waals surface area (Å²) in [6.45, 7) is 2.38. The number of allylic oxidation sites excluding steroid dienone is 2. The molecule has 0 amide bonds. The van der Waals surface area contributed by atoms with Gasteiger partial charge in [0.15, 0.2) is 0 Å². The van der Waals surface area contributed by atoms with Crippen molar-refractivity contribution in [2.45, 2.75) is 32.1 Å². The monoisotopic (exact) mass is 261 g/mol. The zero-order valence-electron chi connectivity index (χ0n) is 10.7. The number of hydrogen-bond donors (Lipinski definition) is 1. The van der Waals surface area contributed by atoms with Crippen molar-refractivity contribution in [1.82, 2.24) is 5.32 Å². The molecule has 1 aliphatic heterocycles. The lowest BCUT2D eigenvalue weighted by Gasteiger charge is -2.40. The van der Waals surface area contributed by atoms with Gasteiger partial charge in [0.05, 0.1) is 0 Å². The predicted octanol–water partition coefficient (Wildman–Crippen LogP) is 4.28. The molecule has 1 aromatic carbocycles. The smallest absolute Gasteiger partial charge is 0.0481 e. The maximum atomic E-state index is 6.28. The predicted molar refractivity (Wildman–Crippen MR) is 77.8 cm³/mol. The van der Waals surface area contributed by atoms with Gasteiger partial charge in [-0.2, -0.15) is 0 Å². The minimum atomic E-state index is 0.579. The number of rotatable bonds is 1. The van der Waals surface area contributed by atoms with Crippen LogP contribution in [0.25, 0.3) is 5.57 Å². The number of nitrogens with one attached hydrogen (secondary N) is 1. The Hall–Kier alpha value is -0.790. The highest BCUT2D eigenvalue weighted by Gasteiger charge is 2.33. The Labute approximate surface area is 114 Å². The van der Waals surface area contributed by atoms with Crippen molar-refractivity contribution < 1.29 is 0 Å². The van der Waals surface area contributed by atoms with E-state index in [0.717, 1.165) is 5.02 Å². The van der Waals surface area contributed by atoms with Crippen molar-refractivity contribution in [2.24, 2.45) is 5.41 Å². The first-order valence-corrected chi connectivity index (χ1v) is 7.32. The molecule has 1 nitrogen and oxygen atoms in total. The summed E-state index contributed by atoms with van der Waals surface area (Å²) in [6.07, 6.45) is 8.85. The Kier molecular flexibility index (Phi) is 3.45. The molecule has 1 spiro atoms. The molecule has 0 aromatic heterocycles. The Bertz CT molecular complexity index is 458. The van der Waals surface area contributed by atoms with Crippen LogP contribution in [-0.4, -0.2) is 13.1 Å². The summed E-state index contributed by atoms with van der Waals surface area (Å²) in [6, 6.07) is 8.22. The topological polar surface area (TPSA) is 12.0 Å². The van der Waals surface area contributed by atoms with Gasteiger partial charge in [-0.25, -0.2) is 0 Å². The molecule has 1 aromatic rings. The fourth-order valence-electron chi connectivity index (χ4n) is 3.32. The molecule has 96 valence electrons. The molecule has 1 fully saturated rings. The summed E-state index contributed by atoms with van der Waals surface area (Å²) in [5.41, 5.74) is 3.27. The van der Waals surface area contributed by atoms with Crippen molar-refractivity contribution in [3.05, 3.63) is 40.9 Å². The molecule has 2 heteroatoms. The lowest BCUT2D eigenvalue weighted by Crippen LogP contribution is -2.37. The van der Waals surface area contributed by atoms with Gasteiger partial charge in [-0.1, -0.05) is 35.9 Å². The Morgan fingerprint density at radius 3 is 2.50 bits per heavy atom. The van der Waals surface area contributed by atoms with Gasteiger partial charge < -0.3 is 5.32 Å². The molecule has 1 heterocycles. The van der Waals surface area contributed by atoms with E-state index in [0.29, 0.717) is 5.41 Å². The van der Waals surface area contributed by atoms with E-state index in [4.69, 9.17) is 11.6 Å². The van der Waals surface area contributed by atoms with Gasteiger partial charge in [0.2, 0.25) is 0 Å². The highest BCUT2D eigenvalue weighted by atomic mass is 35.5. The third kappa shape index (κ3) is 2.34. The van der Waals surface area contributed by atoms with Crippen LogP contribution in [0, 0.1) is 5.41 Å². The van der Waals surface area contributed by atoms with Crippen LogP contribution >= 0.6 is 11.6 Å². The summed E-state index contributed by atoms with van der Waals surface area (Å²) in [7, 11) is 0. The second-order valence-corrected chi connectivity index (χ2v) is 6.07. The molecule has 0 atom stereocenters. The van der Waals surface area contributed by atoms with E-state index >= 15 is 0 Å². The van der Waals surface area contributed by atoms with Crippen molar-refractivity contribution in [3.8, 4) is 0 Å². The molecule has 3 rings (SSSR count). The van der Waals surface area contributed by atoms with Gasteiger partial charge in [0.25, 0.3) is 0 Å². The van der Waals surface area contributed by atoms with E-state index in [2.05, 4.69) is 23.5 Å². The molecule has 18 heavy (non-hydrogen) atoms. The van der Waals surface area contributed by atoms with Crippen LogP contribution in [-0.2, 0) is 0 Å². The van der Waals surface area contributed by atoms with E-state index in [-0.39, 0.29) is 0 Å². The van der Waals surface area contributed by atoms with Gasteiger partial charge in [0.1, 0.15) is 0 Å². The third-order valence-electron chi connectivity index (χ3n) is 4.59. The molecule has 2 aliphatic rings. The minimum Gasteiger partial charge on any atom is -0.317 e. The number of halogens is 1. The van der Waals surface area contributed by atoms with Crippen LogP contribution in [0.1, 0.15) is 37.7 Å². The Morgan fingerprint density at radius 1 is 1.06 bits per heavy atom. The van der Waals surface area contributed by atoms with Crippen LogP contribution in [0.2, 0.25) is 5.02 Å². The highest BCUT2D eigenvalue weighted by molar-refractivity contribution is 6.32. The van der Waals surface area contributed by atoms with Gasteiger partial charge >= 0.3 is 0 Å². The second-order valence-electron chi connectivity index (χ2n) is 5.66. The van der Waals surface area contributed by atoms with E-state index in [1.165, 1.54) is 56.3 Å². The zero-order valence-corrected chi connectivity index (χ0v) is 11.5. The maximum Gasteiger partial charge on any atom is 0.0481 e. The fourth-order valence-corrected chi connectivity index (χ4v) is 3.58. The molecule has 1 N–H and O–H groups in total. The molecular formula is C16H20ClN. The van der Waals surface area contributed by atoms with Gasteiger partial charge in [-0.05, 0) is 67.8 Å². The summed E-state index contributed by atoms with van der Waals surface area (Å²) in [5, 5.41) is 4.36. The van der Waals surface area contributed by atoms with E-state index in [1.807, 2.05) is 12.1 Å². The molecular weight excluding hydrogens is 242 g/mol. The number of benzene rings is 1. The zero-order chi connectivity index (χ0) is 12.4. The summed E-state index contributed by atoms with van der Waals surface area (Å²) >= 11 is 6.28. The van der Waals surface area contributed by atoms with E-state index in [1.54, 1.807) is 0 Å². The van der Waals surface area contributed by atoms with E-state index < -0.39 is 0 Å². The van der Waals surface area contributed by atoms with Crippen LogP contribution in [0.4, 0.5) is 0 Å². The number of piperidine rings is 1. The van der Waals surface area contributed by atoms with Crippen molar-refractivity contribution in [1.29, 1.82) is 0 Å². The maximum absolute atomic E-state index is 6.28. The number of hydrogen-bond acceptors (Lipinski definition) is 1. The lowest BCUT2D eigenvalue weighted by atomic mass is 9.68. The standard InChI is InChI=1S/C16H20ClN/c17-15-4-2-1-3-14(15)13-5-7-16(8-6-13)9-11-18-12-10-16/h1-5,18H,6-12H2. The van der Waals surface area contributed by atoms with Gasteiger partial charge in [-0.15, -0.1) is 0 Å². The van der Waals surface area contributed by atoms with Crippen molar-refractivity contribution >= 4 is 17.2 Å². The van der Waals surface area contributed by atoms with Crippen LogP contribution < -0.4 is 5.32 Å². The van der Waals surface area contributed by atoms with Gasteiger partial charge in [-0.3, -0.25) is 0 Å². The first-order valence-electron chi connectivity index (χ1n) is 6.94. The summed E-state index contributed by atoms with van der Waals surface area (Å²) in [4.78, 5) is 0. The average molecular weight is 262 g/mol. The van der Waals surface area contributed by atoms with Crippen LogP contribution in [0.3, 0.4) is 0 Å². The Balaban J connectivity index is 1.79. The molecule has 0 radical (unpaired) electrons. The highest BCUT2D eigenvalue weighted by Crippen LogP contribution is 2.45. The fraction of sp³-hybridized carbons (Fsp3) is 0.500. The molecule has 0 bridgehead atoms. The van der Waals surface area contributed by atoms with E-state index in [9.17, 15) is 0 Å². The average Bonchev–Trinajstić information content (AvgIpc) is 2.42. The van der Waals surface area contributed by atoms with Crippen molar-refractivity contribution in [2.75, 3.05) is 13.1 Å². The van der Waals surface area contributed by atoms with Crippen LogP contribution in [0.5, 0.6) is 0 Å². The normalized spacial score (nSPS) is 22.8. The first-order chi connectivity index (χ1) is 8.79. The largest absolute Gasteiger partial charge is 0.317 e. The minimum absolute atomic E-state index is 0.579. The summed E-state index contributed by atoms with van der Waals surface area (Å²) < 4.78 is 0. The Morgan fingerprint density at radius 2 is 1.83 bits per heavy atom. The van der Waals surface area contributed by atoms with Gasteiger partial charge in [0, 0.05) is 5.02 Å². The summed E-state index contributed by atoms with van der Waals surface area (Å²) in [5.74, 6) is 0. The first kappa shape index (κ1) is 12.3. The molecule has 1 saturated heterocycles. The molecule has 1 aliphatic carbocycles.